The van der Waals surface area contributed by atoms with Crippen molar-refractivity contribution in [1.29, 1.82) is 0 Å². The summed E-state index contributed by atoms with van der Waals surface area (Å²) in [4.78, 5) is 16.4. The van der Waals surface area contributed by atoms with Crippen LogP contribution >= 0.6 is 23.2 Å². The molecule has 0 amide bonds. The molecule has 0 bridgehead atoms. The number of aromatic nitrogens is 3. The Hall–Kier alpha value is -2.51. The second-order valence-corrected chi connectivity index (χ2v) is 6.08. The summed E-state index contributed by atoms with van der Waals surface area (Å²) in [6, 6.07) is 6.52. The SMILES string of the molecule is O=c1[nH]nc2n1-c1ccc(Cl)c(Cl)c1C(c1c(F)cccc1F)=NC2. The third-order valence-corrected chi connectivity index (χ3v) is 4.67. The molecule has 0 saturated heterocycles. The third-order valence-electron chi connectivity index (χ3n) is 3.87. The molecule has 0 aliphatic carbocycles. The fourth-order valence-electron chi connectivity index (χ4n) is 2.79. The van der Waals surface area contributed by atoms with Crippen LogP contribution in [0.2, 0.25) is 10.0 Å². The highest BCUT2D eigenvalue weighted by Gasteiger charge is 2.28. The number of nitrogens with zero attached hydrogens (tertiary/aromatic N) is 3. The van der Waals surface area contributed by atoms with Crippen LogP contribution in [0.25, 0.3) is 5.69 Å². The average Bonchev–Trinajstić information content (AvgIpc) is 2.85. The van der Waals surface area contributed by atoms with Crippen molar-refractivity contribution in [3.8, 4) is 5.69 Å². The lowest BCUT2D eigenvalue weighted by Crippen LogP contribution is -2.19. The van der Waals surface area contributed by atoms with Crippen molar-refractivity contribution in [2.24, 2.45) is 4.99 Å². The van der Waals surface area contributed by atoms with Gasteiger partial charge in [0, 0.05) is 5.56 Å². The number of nitrogens with one attached hydrogen (secondary N) is 1. The Morgan fingerprint density at radius 2 is 1.80 bits per heavy atom. The molecule has 5 nitrogen and oxygen atoms in total. The predicted octanol–water partition coefficient (Wildman–Crippen LogP) is 3.50. The molecular formula is C16H8Cl2F2N4O. The highest BCUT2D eigenvalue weighted by atomic mass is 35.5. The molecule has 126 valence electrons. The summed E-state index contributed by atoms with van der Waals surface area (Å²) in [5, 5.41) is 6.43. The summed E-state index contributed by atoms with van der Waals surface area (Å²) >= 11 is 12.4. The zero-order valence-electron chi connectivity index (χ0n) is 12.4. The number of halogens is 4. The lowest BCUT2D eigenvalue weighted by atomic mass is 9.99. The van der Waals surface area contributed by atoms with E-state index in [1.165, 1.54) is 22.8 Å². The molecule has 3 aromatic rings. The maximum absolute atomic E-state index is 14.3. The number of H-pyrrole nitrogens is 1. The van der Waals surface area contributed by atoms with Crippen LogP contribution in [0.15, 0.2) is 40.1 Å². The Kier molecular flexibility index (Phi) is 3.70. The van der Waals surface area contributed by atoms with Gasteiger partial charge in [-0.2, -0.15) is 5.10 Å². The van der Waals surface area contributed by atoms with Gasteiger partial charge in [-0.25, -0.2) is 23.2 Å². The van der Waals surface area contributed by atoms with Crippen LogP contribution in [0.4, 0.5) is 8.78 Å². The van der Waals surface area contributed by atoms with E-state index in [1.54, 1.807) is 0 Å². The van der Waals surface area contributed by atoms with Gasteiger partial charge in [-0.05, 0) is 24.3 Å². The largest absolute Gasteiger partial charge is 0.348 e. The zero-order valence-corrected chi connectivity index (χ0v) is 13.9. The first-order valence-corrected chi connectivity index (χ1v) is 7.88. The van der Waals surface area contributed by atoms with E-state index >= 15 is 0 Å². The van der Waals surface area contributed by atoms with E-state index in [0.29, 0.717) is 5.69 Å². The van der Waals surface area contributed by atoms with E-state index in [1.807, 2.05) is 0 Å². The van der Waals surface area contributed by atoms with E-state index < -0.39 is 17.3 Å². The first kappa shape index (κ1) is 16.0. The van der Waals surface area contributed by atoms with E-state index in [-0.39, 0.29) is 39.3 Å². The van der Waals surface area contributed by atoms with Gasteiger partial charge in [-0.1, -0.05) is 29.3 Å². The average molecular weight is 381 g/mol. The lowest BCUT2D eigenvalue weighted by Gasteiger charge is -2.14. The quantitative estimate of drug-likeness (QED) is 0.702. The molecular weight excluding hydrogens is 373 g/mol. The Balaban J connectivity index is 2.12. The molecule has 1 N–H and O–H groups in total. The minimum absolute atomic E-state index is 0.0250. The van der Waals surface area contributed by atoms with E-state index in [0.717, 1.165) is 12.1 Å². The molecule has 1 aliphatic heterocycles. The number of rotatable bonds is 1. The van der Waals surface area contributed by atoms with E-state index in [4.69, 9.17) is 23.2 Å². The van der Waals surface area contributed by atoms with Crippen molar-refractivity contribution in [2.45, 2.75) is 6.54 Å². The smallest absolute Gasteiger partial charge is 0.276 e. The second kappa shape index (κ2) is 5.79. The molecule has 0 radical (unpaired) electrons. The van der Waals surface area contributed by atoms with Gasteiger partial charge in [0.1, 0.15) is 18.2 Å². The van der Waals surface area contributed by atoms with Crippen molar-refractivity contribution >= 4 is 28.9 Å². The van der Waals surface area contributed by atoms with E-state index in [9.17, 15) is 13.6 Å². The molecule has 0 saturated carbocycles. The molecule has 0 unspecified atom stereocenters. The summed E-state index contributed by atoms with van der Waals surface area (Å²) in [5.41, 5.74) is -0.416. The van der Waals surface area contributed by atoms with Crippen molar-refractivity contribution < 1.29 is 8.78 Å². The van der Waals surface area contributed by atoms with Crippen LogP contribution in [0.1, 0.15) is 17.0 Å². The Morgan fingerprint density at radius 1 is 1.08 bits per heavy atom. The second-order valence-electron chi connectivity index (χ2n) is 5.30. The summed E-state index contributed by atoms with van der Waals surface area (Å²) in [6.07, 6.45) is 0. The molecule has 2 heterocycles. The molecule has 2 aromatic carbocycles. The van der Waals surface area contributed by atoms with Crippen LogP contribution < -0.4 is 5.69 Å². The van der Waals surface area contributed by atoms with Gasteiger partial charge in [0.05, 0.1) is 27.0 Å². The van der Waals surface area contributed by atoms with Crippen LogP contribution in [0, 0.1) is 11.6 Å². The monoisotopic (exact) mass is 380 g/mol. The Labute approximate surface area is 149 Å². The van der Waals surface area contributed by atoms with Gasteiger partial charge in [-0.3, -0.25) is 4.99 Å². The van der Waals surface area contributed by atoms with Crippen LogP contribution in [-0.2, 0) is 6.54 Å². The minimum atomic E-state index is -0.797. The molecule has 9 heteroatoms. The zero-order chi connectivity index (χ0) is 17.7. The lowest BCUT2D eigenvalue weighted by molar-refractivity contribution is 0.579. The van der Waals surface area contributed by atoms with Gasteiger partial charge < -0.3 is 0 Å². The van der Waals surface area contributed by atoms with E-state index in [2.05, 4.69) is 15.2 Å². The summed E-state index contributed by atoms with van der Waals surface area (Å²) in [7, 11) is 0. The molecule has 25 heavy (non-hydrogen) atoms. The Bertz CT molecular complexity index is 1080. The number of fused-ring (bicyclic) bond motifs is 3. The molecule has 0 fully saturated rings. The summed E-state index contributed by atoms with van der Waals surface area (Å²) in [5.74, 6) is -1.31. The fourth-order valence-corrected chi connectivity index (χ4v) is 3.20. The van der Waals surface area contributed by atoms with Crippen molar-refractivity contribution in [1.82, 2.24) is 14.8 Å². The topological polar surface area (TPSA) is 63.0 Å². The number of aromatic amines is 1. The summed E-state index contributed by atoms with van der Waals surface area (Å²) in [6.45, 7) is -0.0650. The molecule has 1 aromatic heterocycles. The van der Waals surface area contributed by atoms with Gasteiger partial charge in [0.25, 0.3) is 0 Å². The molecule has 4 rings (SSSR count). The third kappa shape index (κ3) is 2.39. The standard InChI is InChI=1S/C16H8Cl2F2N4O/c17-7-4-5-10-13(14(7)18)15(12-8(19)2-1-3-9(12)20)21-6-11-22-23-16(25)24(10)11/h1-5H,6H2,(H,23,25). The number of aliphatic imine (C=N–C) groups is 1. The fraction of sp³-hybridized carbons (Fsp3) is 0.0625. The van der Waals surface area contributed by atoms with Crippen LogP contribution in [0.3, 0.4) is 0 Å². The highest BCUT2D eigenvalue weighted by molar-refractivity contribution is 6.45. The minimum Gasteiger partial charge on any atom is -0.276 e. The van der Waals surface area contributed by atoms with Gasteiger partial charge in [-0.15, -0.1) is 0 Å². The predicted molar refractivity (Wildman–Crippen MR) is 89.9 cm³/mol. The maximum Gasteiger partial charge on any atom is 0.348 e. The van der Waals surface area contributed by atoms with Crippen molar-refractivity contribution in [3.05, 3.63) is 79.4 Å². The number of benzene rings is 2. The van der Waals surface area contributed by atoms with Crippen LogP contribution in [-0.4, -0.2) is 20.5 Å². The van der Waals surface area contributed by atoms with Gasteiger partial charge in [0.15, 0.2) is 5.82 Å². The van der Waals surface area contributed by atoms with Crippen molar-refractivity contribution in [3.63, 3.8) is 0 Å². The number of hydrogen-bond acceptors (Lipinski definition) is 3. The number of hydrogen-bond donors (Lipinski definition) is 1. The first-order chi connectivity index (χ1) is 12.0. The van der Waals surface area contributed by atoms with Gasteiger partial charge >= 0.3 is 5.69 Å². The maximum atomic E-state index is 14.3. The Morgan fingerprint density at radius 3 is 2.52 bits per heavy atom. The molecule has 0 atom stereocenters. The normalized spacial score (nSPS) is 13.0. The molecule has 1 aliphatic rings. The first-order valence-electron chi connectivity index (χ1n) is 7.13. The van der Waals surface area contributed by atoms with Gasteiger partial charge in [0.2, 0.25) is 0 Å². The molecule has 0 spiro atoms. The highest BCUT2D eigenvalue weighted by Crippen LogP contribution is 2.35. The van der Waals surface area contributed by atoms with Crippen LogP contribution in [0.5, 0.6) is 0 Å². The van der Waals surface area contributed by atoms with Crippen molar-refractivity contribution in [2.75, 3.05) is 0 Å². The summed E-state index contributed by atoms with van der Waals surface area (Å²) < 4.78 is 29.9.